The summed E-state index contributed by atoms with van der Waals surface area (Å²) >= 11 is 0. The topological polar surface area (TPSA) is 82.0 Å². The fourth-order valence-corrected chi connectivity index (χ4v) is 1.17. The summed E-state index contributed by atoms with van der Waals surface area (Å²) in [5.41, 5.74) is 10.6. The first kappa shape index (κ1) is 11.0. The monoisotopic (exact) mass is 203 g/mol. The number of rotatable bonds is 0. The van der Waals surface area contributed by atoms with Gasteiger partial charge in [0.2, 0.25) is 0 Å². The Morgan fingerprint density at radius 1 is 1.13 bits per heavy atom. The first-order valence-corrected chi connectivity index (χ1v) is 4.47. The van der Waals surface area contributed by atoms with Crippen molar-refractivity contribution in [1.29, 1.82) is 0 Å². The summed E-state index contributed by atoms with van der Waals surface area (Å²) in [7, 11) is 0. The third-order valence-corrected chi connectivity index (χ3v) is 1.74. The zero-order chi connectivity index (χ0) is 11.3. The van der Waals surface area contributed by atoms with Gasteiger partial charge in [-0.25, -0.2) is 4.79 Å². The highest BCUT2D eigenvalue weighted by Crippen LogP contribution is 2.10. The van der Waals surface area contributed by atoms with E-state index in [1.807, 2.05) is 31.2 Å². The van der Waals surface area contributed by atoms with Crippen LogP contribution in [0.3, 0.4) is 0 Å². The summed E-state index contributed by atoms with van der Waals surface area (Å²) in [5, 5.41) is 1.21. The molecule has 1 aromatic carbocycles. The molecule has 1 heterocycles. The molecule has 0 saturated carbocycles. The number of hydrogen-bond donors (Lipinski definition) is 2. The molecule has 0 unspecified atom stereocenters. The molecule has 0 spiro atoms. The summed E-state index contributed by atoms with van der Waals surface area (Å²) in [6.07, 6.45) is 0. The van der Waals surface area contributed by atoms with Crippen molar-refractivity contribution in [3.05, 3.63) is 42.1 Å². The van der Waals surface area contributed by atoms with Gasteiger partial charge in [-0.2, -0.15) is 0 Å². The lowest BCUT2D eigenvalue weighted by atomic mass is 10.2. The number of aryl methyl sites for hydroxylation is 1. The number of nitrogens with two attached hydrogens (primary N) is 2. The van der Waals surface area contributed by atoms with Crippen LogP contribution in [0.5, 0.6) is 0 Å². The van der Waals surface area contributed by atoms with Crippen LogP contribution in [0.2, 0.25) is 0 Å². The molecule has 4 nitrogen and oxygen atoms in total. The molecule has 2 aromatic rings. The van der Waals surface area contributed by atoms with E-state index < -0.39 is 6.03 Å². The Balaban J connectivity index is 0.000000245. The third-order valence-electron chi connectivity index (χ3n) is 1.74. The first-order valence-electron chi connectivity index (χ1n) is 4.47. The van der Waals surface area contributed by atoms with Crippen LogP contribution in [0.15, 0.2) is 36.4 Å². The molecule has 0 saturated heterocycles. The number of hydrogen-bond acceptors (Lipinski definition) is 2. The maximum absolute atomic E-state index is 9.00. The molecule has 2 rings (SSSR count). The maximum atomic E-state index is 9.00. The van der Waals surface area contributed by atoms with Crippen LogP contribution in [-0.2, 0) is 0 Å². The molecule has 0 atom stereocenters. The minimum Gasteiger partial charge on any atom is -0.352 e. The average Bonchev–Trinajstić information content (AvgIpc) is 2.16. The van der Waals surface area contributed by atoms with Crippen molar-refractivity contribution in [1.82, 2.24) is 4.98 Å². The van der Waals surface area contributed by atoms with E-state index in [0.717, 1.165) is 11.2 Å². The number of benzene rings is 1. The molecule has 0 aliphatic carbocycles. The zero-order valence-corrected chi connectivity index (χ0v) is 8.47. The number of carbonyl (C=O) groups is 1. The van der Waals surface area contributed by atoms with E-state index in [1.165, 1.54) is 5.39 Å². The number of urea groups is 1. The lowest BCUT2D eigenvalue weighted by Gasteiger charge is -1.95. The highest BCUT2D eigenvalue weighted by atomic mass is 16.2. The van der Waals surface area contributed by atoms with Crippen LogP contribution in [0.4, 0.5) is 4.79 Å². The molecule has 0 aliphatic rings. The summed E-state index contributed by atoms with van der Waals surface area (Å²) in [6.45, 7) is 2.01. The first-order chi connectivity index (χ1) is 7.09. The Kier molecular flexibility index (Phi) is 3.62. The normalized spacial score (nSPS) is 9.13. The smallest absolute Gasteiger partial charge is 0.309 e. The van der Waals surface area contributed by atoms with E-state index >= 15 is 0 Å². The van der Waals surface area contributed by atoms with Gasteiger partial charge in [-0.05, 0) is 19.1 Å². The van der Waals surface area contributed by atoms with Gasteiger partial charge in [0.1, 0.15) is 0 Å². The van der Waals surface area contributed by atoms with Gasteiger partial charge in [-0.3, -0.25) is 4.98 Å². The molecule has 0 bridgehead atoms. The summed E-state index contributed by atoms with van der Waals surface area (Å²) in [6, 6.07) is 11.4. The van der Waals surface area contributed by atoms with Crippen molar-refractivity contribution in [2.75, 3.05) is 0 Å². The van der Waals surface area contributed by atoms with Gasteiger partial charge in [0.15, 0.2) is 0 Å². The van der Waals surface area contributed by atoms with E-state index in [1.54, 1.807) is 0 Å². The lowest BCUT2D eigenvalue weighted by molar-refractivity contribution is 0.256. The van der Waals surface area contributed by atoms with Crippen molar-refractivity contribution in [2.24, 2.45) is 11.5 Å². The number of carbonyl (C=O) groups excluding carboxylic acids is 1. The Hall–Kier alpha value is -2.10. The number of nitrogens with zero attached hydrogens (tertiary/aromatic N) is 1. The number of para-hydroxylation sites is 1. The molecule has 4 N–H and O–H groups in total. The highest BCUT2D eigenvalue weighted by molar-refractivity contribution is 5.78. The van der Waals surface area contributed by atoms with Crippen molar-refractivity contribution < 1.29 is 4.79 Å². The highest BCUT2D eigenvalue weighted by Gasteiger charge is 1.90. The van der Waals surface area contributed by atoms with Gasteiger partial charge in [-0.15, -0.1) is 0 Å². The van der Waals surface area contributed by atoms with E-state index in [2.05, 4.69) is 28.6 Å². The average molecular weight is 203 g/mol. The fourth-order valence-electron chi connectivity index (χ4n) is 1.17. The fraction of sp³-hybridized carbons (Fsp3) is 0.0909. The van der Waals surface area contributed by atoms with Gasteiger partial charge in [0.25, 0.3) is 0 Å². The van der Waals surface area contributed by atoms with Crippen LogP contribution in [0.1, 0.15) is 5.69 Å². The van der Waals surface area contributed by atoms with Crippen LogP contribution in [0, 0.1) is 6.92 Å². The van der Waals surface area contributed by atoms with Gasteiger partial charge in [0.05, 0.1) is 5.52 Å². The number of fused-ring (bicyclic) bond motifs is 1. The molecule has 0 radical (unpaired) electrons. The van der Waals surface area contributed by atoms with Crippen molar-refractivity contribution in [2.45, 2.75) is 6.92 Å². The minimum absolute atomic E-state index is 0.833. The van der Waals surface area contributed by atoms with Crippen LogP contribution >= 0.6 is 0 Å². The van der Waals surface area contributed by atoms with Crippen molar-refractivity contribution >= 4 is 16.9 Å². The standard InChI is InChI=1S/C10H9N.CH4N2O/c1-8-6-7-9-4-2-3-5-10(9)11-8;2-1(3)4/h2-7H,1H3;(H4,2,3,4). The van der Waals surface area contributed by atoms with Gasteiger partial charge >= 0.3 is 6.03 Å². The Labute approximate surface area is 87.9 Å². The zero-order valence-electron chi connectivity index (χ0n) is 8.47. The second-order valence-corrected chi connectivity index (χ2v) is 3.05. The maximum Gasteiger partial charge on any atom is 0.309 e. The summed E-state index contributed by atoms with van der Waals surface area (Å²) < 4.78 is 0. The van der Waals surface area contributed by atoms with Crippen LogP contribution < -0.4 is 11.5 Å². The number of primary amides is 2. The molecule has 4 heteroatoms. The third kappa shape index (κ3) is 3.64. The predicted molar refractivity (Wildman–Crippen MR) is 60.3 cm³/mol. The van der Waals surface area contributed by atoms with Crippen molar-refractivity contribution in [3.63, 3.8) is 0 Å². The summed E-state index contributed by atoms with van der Waals surface area (Å²) in [4.78, 5) is 13.4. The lowest BCUT2D eigenvalue weighted by Crippen LogP contribution is -2.18. The largest absolute Gasteiger partial charge is 0.352 e. The minimum atomic E-state index is -0.833. The quantitative estimate of drug-likeness (QED) is 0.681. The Morgan fingerprint density at radius 2 is 1.73 bits per heavy atom. The van der Waals surface area contributed by atoms with Gasteiger partial charge < -0.3 is 11.5 Å². The summed E-state index contributed by atoms with van der Waals surface area (Å²) in [5.74, 6) is 0. The Morgan fingerprint density at radius 3 is 2.40 bits per heavy atom. The Bertz CT molecular complexity index is 464. The molecule has 0 fully saturated rings. The molecule has 1 aromatic heterocycles. The van der Waals surface area contributed by atoms with Gasteiger partial charge in [0, 0.05) is 11.1 Å². The van der Waals surface area contributed by atoms with Crippen LogP contribution in [-0.4, -0.2) is 11.0 Å². The van der Waals surface area contributed by atoms with E-state index in [0.29, 0.717) is 0 Å². The number of pyridine rings is 1. The van der Waals surface area contributed by atoms with Crippen molar-refractivity contribution in [3.8, 4) is 0 Å². The number of aromatic nitrogens is 1. The molecular weight excluding hydrogens is 190 g/mol. The van der Waals surface area contributed by atoms with E-state index in [9.17, 15) is 0 Å². The van der Waals surface area contributed by atoms with E-state index in [-0.39, 0.29) is 0 Å². The molecule has 0 aliphatic heterocycles. The van der Waals surface area contributed by atoms with Gasteiger partial charge in [-0.1, -0.05) is 24.3 Å². The molecule has 2 amide bonds. The SMILES string of the molecule is Cc1ccc2ccccc2n1.NC(N)=O. The second kappa shape index (κ2) is 4.95. The predicted octanol–water partition coefficient (Wildman–Crippen LogP) is 1.57. The molecular formula is C11H13N3O. The second-order valence-electron chi connectivity index (χ2n) is 3.05. The molecule has 78 valence electrons. The van der Waals surface area contributed by atoms with Crippen LogP contribution in [0.25, 0.3) is 10.9 Å². The number of amides is 2. The van der Waals surface area contributed by atoms with E-state index in [4.69, 9.17) is 4.79 Å². The molecule has 15 heavy (non-hydrogen) atoms.